The van der Waals surface area contributed by atoms with E-state index in [4.69, 9.17) is 11.6 Å². The van der Waals surface area contributed by atoms with Crippen LogP contribution >= 0.6 is 11.6 Å². The molecular weight excluding hydrogens is 282 g/mol. The third-order valence-electron chi connectivity index (χ3n) is 6.36. The number of carbonyl (C=O) groups is 1. The van der Waals surface area contributed by atoms with Gasteiger partial charge in [0, 0.05) is 25.4 Å². The summed E-state index contributed by atoms with van der Waals surface area (Å²) in [5.74, 6) is 1.75. The van der Waals surface area contributed by atoms with Crippen LogP contribution in [0.3, 0.4) is 0 Å². The predicted octanol–water partition coefficient (Wildman–Crippen LogP) is 4.46. The van der Waals surface area contributed by atoms with Crippen molar-refractivity contribution in [1.29, 1.82) is 0 Å². The minimum absolute atomic E-state index is 0.291. The first-order valence-electron chi connectivity index (χ1n) is 8.65. The Hall–Kier alpha value is -0.240. The Labute approximate surface area is 134 Å². The summed E-state index contributed by atoms with van der Waals surface area (Å²) in [6.45, 7) is 8.51. The molecule has 4 aliphatic rings. The monoisotopic (exact) mass is 311 g/mol. The summed E-state index contributed by atoms with van der Waals surface area (Å²) >= 11 is 5.85. The highest BCUT2D eigenvalue weighted by atomic mass is 35.5. The van der Waals surface area contributed by atoms with Crippen LogP contribution in [0, 0.1) is 22.2 Å². The predicted molar refractivity (Wildman–Crippen MR) is 87.4 cm³/mol. The first-order valence-corrected chi connectivity index (χ1v) is 9.18. The summed E-state index contributed by atoms with van der Waals surface area (Å²) in [4.78, 5) is 14.7. The molecule has 2 nitrogen and oxygen atoms in total. The molecule has 2 unspecified atom stereocenters. The van der Waals surface area contributed by atoms with E-state index >= 15 is 0 Å². The second kappa shape index (κ2) is 5.15. The maximum absolute atomic E-state index is 12.7. The van der Waals surface area contributed by atoms with Gasteiger partial charge in [0.1, 0.15) is 0 Å². The van der Waals surface area contributed by atoms with Crippen LogP contribution in [0.4, 0.5) is 0 Å². The molecule has 0 heterocycles. The summed E-state index contributed by atoms with van der Waals surface area (Å²) in [6.07, 6.45) is 8.79. The van der Waals surface area contributed by atoms with Crippen LogP contribution in [0.25, 0.3) is 0 Å². The average Bonchev–Trinajstić information content (AvgIpc) is 2.30. The number of halogens is 1. The SMILES string of the molecule is CCN(CCCl)C(=O)CC12CC3CC(C)(CC(C)(C3)C1)C2. The maximum atomic E-state index is 12.7. The van der Waals surface area contributed by atoms with Crippen molar-refractivity contribution >= 4 is 17.5 Å². The lowest BCUT2D eigenvalue weighted by Gasteiger charge is -2.65. The van der Waals surface area contributed by atoms with Gasteiger partial charge in [-0.25, -0.2) is 0 Å². The van der Waals surface area contributed by atoms with E-state index < -0.39 is 0 Å². The first-order chi connectivity index (χ1) is 9.81. The van der Waals surface area contributed by atoms with E-state index in [2.05, 4.69) is 20.8 Å². The van der Waals surface area contributed by atoms with Gasteiger partial charge in [-0.3, -0.25) is 4.79 Å². The van der Waals surface area contributed by atoms with Crippen molar-refractivity contribution in [2.24, 2.45) is 22.2 Å². The Morgan fingerprint density at radius 2 is 1.76 bits per heavy atom. The second-order valence-electron chi connectivity index (χ2n) is 8.97. The van der Waals surface area contributed by atoms with Gasteiger partial charge in [-0.15, -0.1) is 11.6 Å². The first kappa shape index (κ1) is 15.6. The molecule has 4 bridgehead atoms. The fraction of sp³-hybridized carbons (Fsp3) is 0.944. The normalized spacial score (nSPS) is 44.1. The van der Waals surface area contributed by atoms with Gasteiger partial charge in [0.2, 0.25) is 5.91 Å². The van der Waals surface area contributed by atoms with Crippen LogP contribution in [0.1, 0.15) is 65.7 Å². The quantitative estimate of drug-likeness (QED) is 0.686. The molecule has 1 amide bonds. The zero-order valence-corrected chi connectivity index (χ0v) is 14.6. The Bertz CT molecular complexity index is 417. The molecule has 4 aliphatic carbocycles. The van der Waals surface area contributed by atoms with Crippen molar-refractivity contribution in [3.8, 4) is 0 Å². The summed E-state index contributed by atoms with van der Waals surface area (Å²) < 4.78 is 0. The van der Waals surface area contributed by atoms with Crippen molar-refractivity contribution in [2.75, 3.05) is 19.0 Å². The number of alkyl halides is 1. The van der Waals surface area contributed by atoms with E-state index in [1.54, 1.807) is 0 Å². The lowest BCUT2D eigenvalue weighted by Crippen LogP contribution is -2.56. The molecule has 0 aromatic carbocycles. The van der Waals surface area contributed by atoms with Crippen molar-refractivity contribution in [1.82, 2.24) is 4.90 Å². The van der Waals surface area contributed by atoms with Gasteiger partial charge >= 0.3 is 0 Å². The van der Waals surface area contributed by atoms with Crippen LogP contribution in [0.15, 0.2) is 0 Å². The zero-order chi connectivity index (χ0) is 15.3. The number of nitrogens with zero attached hydrogens (tertiary/aromatic N) is 1. The number of amides is 1. The van der Waals surface area contributed by atoms with Crippen LogP contribution in [-0.2, 0) is 4.79 Å². The molecule has 0 aromatic rings. The third-order valence-corrected chi connectivity index (χ3v) is 6.53. The second-order valence-corrected chi connectivity index (χ2v) is 9.35. The minimum Gasteiger partial charge on any atom is -0.342 e. The van der Waals surface area contributed by atoms with Gasteiger partial charge in [-0.1, -0.05) is 13.8 Å². The van der Waals surface area contributed by atoms with E-state index in [-0.39, 0.29) is 0 Å². The van der Waals surface area contributed by atoms with Crippen molar-refractivity contribution < 1.29 is 4.79 Å². The fourth-order valence-electron chi connectivity index (χ4n) is 6.88. The lowest BCUT2D eigenvalue weighted by atomic mass is 9.40. The molecule has 0 aromatic heterocycles. The molecule has 3 heteroatoms. The number of carbonyl (C=O) groups excluding carboxylic acids is 1. The van der Waals surface area contributed by atoms with Gasteiger partial charge in [0.05, 0.1) is 0 Å². The van der Waals surface area contributed by atoms with E-state index in [0.29, 0.717) is 34.6 Å². The lowest BCUT2D eigenvalue weighted by molar-refractivity contribution is -0.160. The third kappa shape index (κ3) is 2.85. The summed E-state index contributed by atoms with van der Waals surface area (Å²) in [6, 6.07) is 0. The average molecular weight is 312 g/mol. The molecule has 120 valence electrons. The van der Waals surface area contributed by atoms with Crippen molar-refractivity contribution in [2.45, 2.75) is 65.7 Å². The Kier molecular flexibility index (Phi) is 3.83. The summed E-state index contributed by atoms with van der Waals surface area (Å²) in [5.41, 5.74) is 1.29. The van der Waals surface area contributed by atoms with Gasteiger partial charge in [0.15, 0.2) is 0 Å². The van der Waals surface area contributed by atoms with E-state index in [1.807, 2.05) is 4.90 Å². The van der Waals surface area contributed by atoms with Gasteiger partial charge in [0.25, 0.3) is 0 Å². The van der Waals surface area contributed by atoms with Gasteiger partial charge in [-0.2, -0.15) is 0 Å². The molecule has 0 N–H and O–H groups in total. The maximum Gasteiger partial charge on any atom is 0.223 e. The van der Waals surface area contributed by atoms with Gasteiger partial charge in [-0.05, 0) is 67.6 Å². The number of rotatable bonds is 5. The van der Waals surface area contributed by atoms with Crippen LogP contribution < -0.4 is 0 Å². The molecule has 0 radical (unpaired) electrons. The largest absolute Gasteiger partial charge is 0.342 e. The zero-order valence-electron chi connectivity index (χ0n) is 13.9. The Morgan fingerprint density at radius 1 is 1.14 bits per heavy atom. The molecule has 4 fully saturated rings. The molecule has 0 aliphatic heterocycles. The van der Waals surface area contributed by atoms with Crippen LogP contribution in [0.2, 0.25) is 0 Å². The number of hydrogen-bond acceptors (Lipinski definition) is 1. The highest BCUT2D eigenvalue weighted by Crippen LogP contribution is 2.70. The minimum atomic E-state index is 0.291. The van der Waals surface area contributed by atoms with Crippen LogP contribution in [-0.4, -0.2) is 29.8 Å². The molecule has 4 saturated carbocycles. The highest BCUT2D eigenvalue weighted by Gasteiger charge is 2.60. The molecule has 0 saturated heterocycles. The smallest absolute Gasteiger partial charge is 0.223 e. The van der Waals surface area contributed by atoms with E-state index in [1.165, 1.54) is 38.5 Å². The molecule has 21 heavy (non-hydrogen) atoms. The van der Waals surface area contributed by atoms with Gasteiger partial charge < -0.3 is 4.90 Å². The topological polar surface area (TPSA) is 20.3 Å². The van der Waals surface area contributed by atoms with E-state index in [9.17, 15) is 4.79 Å². The molecule has 0 spiro atoms. The molecule has 2 atom stereocenters. The molecule has 4 rings (SSSR count). The highest BCUT2D eigenvalue weighted by molar-refractivity contribution is 6.18. The Balaban J connectivity index is 1.77. The van der Waals surface area contributed by atoms with Crippen molar-refractivity contribution in [3.05, 3.63) is 0 Å². The number of hydrogen-bond donors (Lipinski definition) is 0. The van der Waals surface area contributed by atoms with E-state index in [0.717, 1.165) is 18.9 Å². The Morgan fingerprint density at radius 3 is 2.24 bits per heavy atom. The fourth-order valence-corrected chi connectivity index (χ4v) is 7.08. The standard InChI is InChI=1S/C18H30ClNO/c1-4-20(6-5-19)15(21)10-18-9-14-7-16(2,12-18)11-17(3,8-14)13-18/h14H,4-13H2,1-3H3. The molecular formula is C18H30ClNO. The van der Waals surface area contributed by atoms with Crippen molar-refractivity contribution in [3.63, 3.8) is 0 Å². The van der Waals surface area contributed by atoms with Crippen LogP contribution in [0.5, 0.6) is 0 Å². The summed E-state index contributed by atoms with van der Waals surface area (Å²) in [7, 11) is 0. The summed E-state index contributed by atoms with van der Waals surface area (Å²) in [5, 5.41) is 0.